The van der Waals surface area contributed by atoms with Gasteiger partial charge in [0.1, 0.15) is 11.6 Å². The maximum atomic E-state index is 13.7. The summed E-state index contributed by atoms with van der Waals surface area (Å²) in [5.74, 6) is 0.163. The Balaban J connectivity index is 1.95. The van der Waals surface area contributed by atoms with Gasteiger partial charge in [0, 0.05) is 0 Å². The molecule has 0 atom stereocenters. The zero-order valence-electron chi connectivity index (χ0n) is 12.1. The predicted octanol–water partition coefficient (Wildman–Crippen LogP) is 3.68. The summed E-state index contributed by atoms with van der Waals surface area (Å²) in [5.41, 5.74) is 1.59. The minimum absolute atomic E-state index is 0.0234. The van der Waals surface area contributed by atoms with Crippen LogP contribution in [-0.4, -0.2) is 16.1 Å². The molecule has 0 radical (unpaired) electrons. The van der Waals surface area contributed by atoms with E-state index in [9.17, 15) is 9.18 Å². The maximum absolute atomic E-state index is 13.7. The first-order valence-corrected chi connectivity index (χ1v) is 6.74. The van der Waals surface area contributed by atoms with Crippen molar-refractivity contribution >= 4 is 11.6 Å². The first-order valence-electron chi connectivity index (χ1n) is 6.74. The van der Waals surface area contributed by atoms with Crippen molar-refractivity contribution < 1.29 is 13.6 Å². The highest BCUT2D eigenvalue weighted by Gasteiger charge is 2.19. The van der Waals surface area contributed by atoms with Gasteiger partial charge >= 0.3 is 0 Å². The van der Waals surface area contributed by atoms with Crippen LogP contribution in [-0.2, 0) is 0 Å². The molecule has 1 aromatic carbocycles. The molecule has 0 unspecified atom stereocenters. The van der Waals surface area contributed by atoms with Crippen LogP contribution in [0.15, 0.2) is 40.8 Å². The molecular weight excluding hydrogens is 285 g/mol. The summed E-state index contributed by atoms with van der Waals surface area (Å²) in [6.45, 7) is 3.59. The van der Waals surface area contributed by atoms with Crippen LogP contribution in [0.25, 0.3) is 11.5 Å². The van der Waals surface area contributed by atoms with Gasteiger partial charge in [0.25, 0.3) is 5.91 Å². The summed E-state index contributed by atoms with van der Waals surface area (Å²) < 4.78 is 19.2. The van der Waals surface area contributed by atoms with Crippen LogP contribution < -0.4 is 5.32 Å². The predicted molar refractivity (Wildman–Crippen MR) is 80.1 cm³/mol. The van der Waals surface area contributed by atoms with E-state index in [4.69, 9.17) is 4.42 Å². The third kappa shape index (κ3) is 2.50. The van der Waals surface area contributed by atoms with Crippen LogP contribution >= 0.6 is 0 Å². The Morgan fingerprint density at radius 2 is 2.00 bits per heavy atom. The molecule has 1 amide bonds. The van der Waals surface area contributed by atoms with Gasteiger partial charge in [0.15, 0.2) is 11.5 Å². The second-order valence-electron chi connectivity index (χ2n) is 4.92. The summed E-state index contributed by atoms with van der Waals surface area (Å²) in [6.07, 6.45) is 0. The monoisotopic (exact) mass is 299 g/mol. The second kappa shape index (κ2) is 5.48. The number of aryl methyl sites for hydroxylation is 2. The number of halogens is 1. The normalized spacial score (nSPS) is 10.7. The number of carbonyl (C=O) groups is 1. The first kappa shape index (κ1) is 14.1. The molecule has 6 heteroatoms. The van der Waals surface area contributed by atoms with Crippen molar-refractivity contribution in [2.45, 2.75) is 13.8 Å². The lowest BCUT2D eigenvalue weighted by Gasteiger charge is -2.06. The lowest BCUT2D eigenvalue weighted by atomic mass is 10.2. The highest BCUT2D eigenvalue weighted by molar-refractivity contribution is 6.06. The number of rotatable bonds is 3. The van der Waals surface area contributed by atoms with Crippen molar-refractivity contribution in [1.82, 2.24) is 10.2 Å². The third-order valence-electron chi connectivity index (χ3n) is 3.28. The molecule has 0 aliphatic heterocycles. The van der Waals surface area contributed by atoms with Gasteiger partial charge in [-0.15, -0.1) is 0 Å². The Bertz CT molecular complexity index is 836. The van der Waals surface area contributed by atoms with E-state index < -0.39 is 11.7 Å². The molecule has 0 saturated carbocycles. The average Bonchev–Trinajstić information content (AvgIpc) is 3.06. The number of hydrogen-bond donors (Lipinski definition) is 2. The van der Waals surface area contributed by atoms with Gasteiger partial charge in [-0.1, -0.05) is 12.1 Å². The standard InChI is InChI=1S/C16H14FN3O2/c1-9-7-8-13(22-9)15-14(10(2)19-20-15)18-16(21)11-5-3-4-6-12(11)17/h3-8H,1-2H3,(H,18,21)(H,19,20). The summed E-state index contributed by atoms with van der Waals surface area (Å²) in [7, 11) is 0. The largest absolute Gasteiger partial charge is 0.460 e. The number of aromatic nitrogens is 2. The third-order valence-corrected chi connectivity index (χ3v) is 3.28. The van der Waals surface area contributed by atoms with Crippen molar-refractivity contribution in [3.05, 3.63) is 59.2 Å². The number of nitrogens with zero attached hydrogens (tertiary/aromatic N) is 1. The Morgan fingerprint density at radius 3 is 2.68 bits per heavy atom. The highest BCUT2D eigenvalue weighted by atomic mass is 19.1. The quantitative estimate of drug-likeness (QED) is 0.775. The molecule has 2 aromatic heterocycles. The Hall–Kier alpha value is -2.89. The number of anilines is 1. The van der Waals surface area contributed by atoms with Gasteiger partial charge in [-0.25, -0.2) is 4.39 Å². The second-order valence-corrected chi connectivity index (χ2v) is 4.92. The van der Waals surface area contributed by atoms with Gasteiger partial charge in [0.2, 0.25) is 0 Å². The number of hydrogen-bond acceptors (Lipinski definition) is 3. The van der Waals surface area contributed by atoms with Gasteiger partial charge in [0.05, 0.1) is 16.9 Å². The summed E-state index contributed by atoms with van der Waals surface area (Å²) >= 11 is 0. The number of nitrogens with one attached hydrogen (secondary N) is 2. The number of H-pyrrole nitrogens is 1. The SMILES string of the molecule is Cc1ccc(-c2n[nH]c(C)c2NC(=O)c2ccccc2F)o1. The first-order chi connectivity index (χ1) is 10.6. The summed E-state index contributed by atoms with van der Waals surface area (Å²) in [6, 6.07) is 9.39. The average molecular weight is 299 g/mol. The van der Waals surface area contributed by atoms with Crippen LogP contribution in [0.3, 0.4) is 0 Å². The molecule has 2 heterocycles. The highest BCUT2D eigenvalue weighted by Crippen LogP contribution is 2.30. The van der Waals surface area contributed by atoms with Crippen molar-refractivity contribution in [3.8, 4) is 11.5 Å². The molecule has 0 bridgehead atoms. The number of furan rings is 1. The minimum atomic E-state index is -0.573. The Labute approximate surface area is 126 Å². The molecular formula is C16H14FN3O2. The Kier molecular flexibility index (Phi) is 3.50. The zero-order valence-corrected chi connectivity index (χ0v) is 12.1. The van der Waals surface area contributed by atoms with E-state index in [2.05, 4.69) is 15.5 Å². The van der Waals surface area contributed by atoms with Gasteiger partial charge < -0.3 is 9.73 Å². The van der Waals surface area contributed by atoms with E-state index in [0.717, 1.165) is 5.76 Å². The summed E-state index contributed by atoms with van der Waals surface area (Å²) in [4.78, 5) is 12.3. The number of aromatic amines is 1. The lowest BCUT2D eigenvalue weighted by molar-refractivity contribution is 0.102. The fourth-order valence-electron chi connectivity index (χ4n) is 2.15. The molecule has 2 N–H and O–H groups in total. The molecule has 3 rings (SSSR count). The van der Waals surface area contributed by atoms with E-state index in [1.807, 2.05) is 13.0 Å². The van der Waals surface area contributed by atoms with Gasteiger partial charge in [-0.2, -0.15) is 5.10 Å². The molecule has 0 saturated heterocycles. The smallest absolute Gasteiger partial charge is 0.258 e. The zero-order chi connectivity index (χ0) is 15.7. The molecule has 3 aromatic rings. The van der Waals surface area contributed by atoms with Crippen LogP contribution in [0.5, 0.6) is 0 Å². The number of amides is 1. The van der Waals surface area contributed by atoms with E-state index in [1.54, 1.807) is 19.1 Å². The molecule has 112 valence electrons. The van der Waals surface area contributed by atoms with Gasteiger partial charge in [-0.05, 0) is 38.1 Å². The van der Waals surface area contributed by atoms with Crippen LogP contribution in [0.4, 0.5) is 10.1 Å². The number of carbonyl (C=O) groups excluding carboxylic acids is 1. The molecule has 0 spiro atoms. The van der Waals surface area contributed by atoms with E-state index in [1.165, 1.54) is 18.2 Å². The van der Waals surface area contributed by atoms with E-state index in [-0.39, 0.29) is 5.56 Å². The van der Waals surface area contributed by atoms with E-state index in [0.29, 0.717) is 22.8 Å². The Morgan fingerprint density at radius 1 is 1.23 bits per heavy atom. The van der Waals surface area contributed by atoms with Crippen molar-refractivity contribution in [2.24, 2.45) is 0 Å². The minimum Gasteiger partial charge on any atom is -0.460 e. The van der Waals surface area contributed by atoms with Crippen LogP contribution in [0, 0.1) is 19.7 Å². The molecule has 0 aliphatic carbocycles. The maximum Gasteiger partial charge on any atom is 0.258 e. The van der Waals surface area contributed by atoms with Gasteiger partial charge in [-0.3, -0.25) is 9.89 Å². The fourth-order valence-corrected chi connectivity index (χ4v) is 2.15. The van der Waals surface area contributed by atoms with Crippen molar-refractivity contribution in [1.29, 1.82) is 0 Å². The van der Waals surface area contributed by atoms with Crippen molar-refractivity contribution in [2.75, 3.05) is 5.32 Å². The molecule has 0 fully saturated rings. The molecule has 22 heavy (non-hydrogen) atoms. The van der Waals surface area contributed by atoms with Crippen molar-refractivity contribution in [3.63, 3.8) is 0 Å². The summed E-state index contributed by atoms with van der Waals surface area (Å²) in [5, 5.41) is 9.63. The topological polar surface area (TPSA) is 70.9 Å². The van der Waals surface area contributed by atoms with E-state index >= 15 is 0 Å². The number of benzene rings is 1. The van der Waals surface area contributed by atoms with Crippen LogP contribution in [0.2, 0.25) is 0 Å². The fraction of sp³-hybridized carbons (Fsp3) is 0.125. The lowest BCUT2D eigenvalue weighted by Crippen LogP contribution is -2.14. The molecule has 5 nitrogen and oxygen atoms in total. The van der Waals surface area contributed by atoms with Crippen LogP contribution in [0.1, 0.15) is 21.8 Å². The molecule has 0 aliphatic rings.